The molecule has 0 spiro atoms. The van der Waals surface area contributed by atoms with Crippen molar-refractivity contribution in [1.82, 2.24) is 0 Å². The van der Waals surface area contributed by atoms with Gasteiger partial charge in [0.2, 0.25) is 0 Å². The molecule has 5 heterocycles. The minimum atomic E-state index is 0.884. The van der Waals surface area contributed by atoms with Crippen LogP contribution >= 0.6 is 45.3 Å². The van der Waals surface area contributed by atoms with E-state index in [2.05, 4.69) is 396 Å². The molecule has 5 aromatic heterocycles. The van der Waals surface area contributed by atoms with Gasteiger partial charge >= 0.3 is 0 Å². The maximum Gasteiger partial charge on any atom is 0.135 e. The molecule has 9 heteroatoms. The number of hydrogen-bond donors (Lipinski definition) is 0. The van der Waals surface area contributed by atoms with E-state index in [4.69, 9.17) is 4.42 Å². The third-order valence-corrected chi connectivity index (χ3v) is 25.7. The second kappa shape index (κ2) is 27.0. The number of thiophene rings is 4. The van der Waals surface area contributed by atoms with Crippen LogP contribution in [0, 0.1) is 0 Å². The Morgan fingerprint density at radius 1 is 0.174 bits per heavy atom. The van der Waals surface area contributed by atoms with Crippen molar-refractivity contribution >= 4 is 227 Å². The molecule has 0 fully saturated rings. The van der Waals surface area contributed by atoms with Crippen molar-refractivity contribution < 1.29 is 4.42 Å². The fraction of sp³-hybridized carbons (Fsp3) is 0. The first-order chi connectivity index (χ1) is 54.0. The van der Waals surface area contributed by atoms with E-state index in [-0.39, 0.29) is 0 Å². The van der Waals surface area contributed by atoms with Crippen LogP contribution in [0.15, 0.2) is 393 Å². The maximum atomic E-state index is 6.26. The van der Waals surface area contributed by atoms with Crippen molar-refractivity contribution in [2.45, 2.75) is 0 Å². The number of para-hydroxylation sites is 4. The lowest BCUT2D eigenvalue weighted by Gasteiger charge is -2.27. The average molecular weight is 1470 g/mol. The highest BCUT2D eigenvalue weighted by molar-refractivity contribution is 7.27. The first-order valence-corrected chi connectivity index (χ1v) is 39.9. The third kappa shape index (κ3) is 11.4. The van der Waals surface area contributed by atoms with Crippen LogP contribution in [0.25, 0.3) is 125 Å². The lowest BCUT2D eigenvalue weighted by atomic mass is 10.0. The van der Waals surface area contributed by atoms with E-state index < -0.39 is 0 Å². The van der Waals surface area contributed by atoms with E-state index in [1.54, 1.807) is 0 Å². The molecular weight excluding hydrogens is 1400 g/mol. The molecule has 0 atom stereocenters. The van der Waals surface area contributed by atoms with Crippen molar-refractivity contribution in [1.29, 1.82) is 0 Å². The average Bonchev–Trinajstić information content (AvgIpc) is 1.66. The number of anilines is 12. The van der Waals surface area contributed by atoms with Gasteiger partial charge in [-0.2, -0.15) is 0 Å². The van der Waals surface area contributed by atoms with Crippen LogP contribution in [-0.4, -0.2) is 0 Å². The number of furan rings is 1. The minimum Gasteiger partial charge on any atom is -0.456 e. The molecule has 0 radical (unpaired) electrons. The summed E-state index contributed by atoms with van der Waals surface area (Å²) in [5.74, 6) is 0. The monoisotopic (exact) mass is 1460 g/mol. The van der Waals surface area contributed by atoms with Crippen molar-refractivity contribution in [3.63, 3.8) is 0 Å². The van der Waals surface area contributed by atoms with Crippen molar-refractivity contribution in [3.05, 3.63) is 388 Å². The number of fused-ring (bicyclic) bond motifs is 16. The Morgan fingerprint density at radius 3 is 1.17 bits per heavy atom. The normalized spacial score (nSPS) is 11.7. The van der Waals surface area contributed by atoms with E-state index in [1.807, 2.05) is 57.5 Å². The summed E-state index contributed by atoms with van der Waals surface area (Å²) in [5, 5.41) is 14.9. The first-order valence-electron chi connectivity index (χ1n) is 36.7. The topological polar surface area (TPSA) is 26.1 Å². The van der Waals surface area contributed by atoms with Crippen molar-refractivity contribution in [3.8, 4) is 11.1 Å². The van der Waals surface area contributed by atoms with Gasteiger partial charge in [0.25, 0.3) is 0 Å². The van der Waals surface area contributed by atoms with Crippen molar-refractivity contribution in [2.24, 2.45) is 0 Å². The zero-order valence-electron chi connectivity index (χ0n) is 58.8. The van der Waals surface area contributed by atoms with Crippen LogP contribution in [0.3, 0.4) is 0 Å². The molecule has 22 rings (SSSR count). The Labute approximate surface area is 645 Å². The lowest BCUT2D eigenvalue weighted by molar-refractivity contribution is 0.669. The van der Waals surface area contributed by atoms with Crippen LogP contribution < -0.4 is 19.6 Å². The molecule has 0 amide bonds. The summed E-state index contributed by atoms with van der Waals surface area (Å²) in [5.41, 5.74) is 17.8. The number of nitrogens with zero attached hydrogens (tertiary/aromatic N) is 4. The summed E-state index contributed by atoms with van der Waals surface area (Å²) in [7, 11) is 0. The Kier molecular flexibility index (Phi) is 15.9. The van der Waals surface area contributed by atoms with Crippen LogP contribution in [-0.2, 0) is 0 Å². The molecule has 0 aliphatic carbocycles. The van der Waals surface area contributed by atoms with Crippen LogP contribution in [0.5, 0.6) is 0 Å². The molecule has 17 aromatic carbocycles. The summed E-state index contributed by atoms with van der Waals surface area (Å²) in [6.07, 6.45) is 0. The Balaban J connectivity index is 0.000000139. The summed E-state index contributed by atoms with van der Waals surface area (Å²) < 4.78 is 16.5. The highest BCUT2D eigenvalue weighted by Crippen LogP contribution is 2.52. The zero-order chi connectivity index (χ0) is 71.9. The highest BCUT2D eigenvalue weighted by atomic mass is 32.1. The summed E-state index contributed by atoms with van der Waals surface area (Å²) in [6, 6.07) is 141. The van der Waals surface area contributed by atoms with Crippen LogP contribution in [0.1, 0.15) is 0 Å². The number of benzene rings is 17. The van der Waals surface area contributed by atoms with E-state index in [1.165, 1.54) is 108 Å². The molecule has 0 saturated carbocycles. The Bertz CT molecular complexity index is 7180. The van der Waals surface area contributed by atoms with Gasteiger partial charge in [-0.15, -0.1) is 45.3 Å². The van der Waals surface area contributed by atoms with Gasteiger partial charge in [0.1, 0.15) is 11.2 Å². The summed E-state index contributed by atoms with van der Waals surface area (Å²) >= 11 is 7.46. The van der Waals surface area contributed by atoms with E-state index in [9.17, 15) is 0 Å². The molecule has 0 aliphatic rings. The molecule has 0 aliphatic heterocycles. The Morgan fingerprint density at radius 2 is 0.541 bits per heavy atom. The number of rotatable bonds is 13. The van der Waals surface area contributed by atoms with Gasteiger partial charge in [-0.25, -0.2) is 0 Å². The van der Waals surface area contributed by atoms with Crippen molar-refractivity contribution in [2.75, 3.05) is 19.6 Å². The fourth-order valence-corrected chi connectivity index (χ4v) is 20.8. The van der Waals surface area contributed by atoms with Gasteiger partial charge in [-0.3, -0.25) is 0 Å². The largest absolute Gasteiger partial charge is 0.456 e. The van der Waals surface area contributed by atoms with E-state index >= 15 is 0 Å². The smallest absolute Gasteiger partial charge is 0.135 e. The lowest BCUT2D eigenvalue weighted by Crippen LogP contribution is -2.10. The molecule has 0 bridgehead atoms. The molecule has 514 valence electrons. The Hall–Kier alpha value is -13.1. The first kappa shape index (κ1) is 64.3. The standard InChI is InChI=1S/C52H34N2OS.C48H30N2S3/c1-3-14-35(15-4-1)37-18-11-21-39(32-37)53(40-29-31-50-46(33-40)43-23-9-10-27-49(43)55-50)41-28-30-44-45-24-13-26-48(52(45)56-51(44)34-41)54(38-19-5-2-6-20-38)47-25-12-17-36-16-7-8-22-42(36)47;1-3-12-31(13-4-1)50(32-14-5-2-6-15-32)42-19-11-18-40-39-26-23-35(30-47(39)53-48(40)42)49(33-24-27-45-41(28-33)37-17-8-10-21-44(37)51-45)34-22-25-38-36-16-7-9-20-43(36)52-46(38)29-34/h1-34H;1-30H. The zero-order valence-corrected chi connectivity index (χ0v) is 62.0. The molecule has 22 aromatic rings. The van der Waals surface area contributed by atoms with E-state index in [0.717, 1.165) is 84.5 Å². The molecular formula is C100H64N4OS4. The molecule has 0 saturated heterocycles. The summed E-state index contributed by atoms with van der Waals surface area (Å²) in [6.45, 7) is 0. The van der Waals surface area contributed by atoms with Gasteiger partial charge in [0, 0.05) is 139 Å². The van der Waals surface area contributed by atoms with Gasteiger partial charge in [0.15, 0.2) is 0 Å². The second-order valence-electron chi connectivity index (χ2n) is 27.5. The molecule has 109 heavy (non-hydrogen) atoms. The SMILES string of the molecule is c1ccc(-c2cccc(N(c3ccc4c(c3)sc3c(N(c5ccccc5)c5cccc6ccccc56)cccc34)c3ccc4oc5ccccc5c4c3)c2)cc1.c1ccc(N(c2ccccc2)c2cccc3c2sc2cc(N(c4ccc5c(c4)sc4ccccc45)c4ccc5sc6ccccc6c5c4)ccc23)cc1. The predicted molar refractivity (Wildman–Crippen MR) is 473 cm³/mol. The fourth-order valence-electron chi connectivity index (χ4n) is 16.1. The second-order valence-corrected chi connectivity index (χ2v) is 31.7. The van der Waals surface area contributed by atoms with E-state index in [0.29, 0.717) is 0 Å². The minimum absolute atomic E-state index is 0.884. The van der Waals surface area contributed by atoms with Gasteiger partial charge in [0.05, 0.1) is 26.5 Å². The van der Waals surface area contributed by atoms with Crippen LogP contribution in [0.2, 0.25) is 0 Å². The van der Waals surface area contributed by atoms with Crippen LogP contribution in [0.4, 0.5) is 68.2 Å². The predicted octanol–water partition coefficient (Wildman–Crippen LogP) is 31.4. The molecule has 5 nitrogen and oxygen atoms in total. The number of hydrogen-bond acceptors (Lipinski definition) is 9. The summed E-state index contributed by atoms with van der Waals surface area (Å²) in [4.78, 5) is 9.63. The quantitative estimate of drug-likeness (QED) is 0.115. The maximum absolute atomic E-state index is 6.26. The van der Waals surface area contributed by atoms with Gasteiger partial charge in [-0.1, -0.05) is 231 Å². The molecule has 0 N–H and O–H groups in total. The van der Waals surface area contributed by atoms with Gasteiger partial charge in [-0.05, 0) is 174 Å². The van der Waals surface area contributed by atoms with Gasteiger partial charge < -0.3 is 24.0 Å². The highest BCUT2D eigenvalue weighted by Gasteiger charge is 2.25. The third-order valence-electron chi connectivity index (χ3n) is 21.0. The molecule has 0 unspecified atom stereocenters.